The molecule has 2 rings (SSSR count). The molecule has 0 saturated carbocycles. The molecule has 1 atom stereocenters. The lowest BCUT2D eigenvalue weighted by atomic mass is 9.97. The largest absolute Gasteiger partial charge is 0.419 e. The zero-order valence-electron chi connectivity index (χ0n) is 11.4. The predicted octanol–water partition coefficient (Wildman–Crippen LogP) is 3.30. The van der Waals surface area contributed by atoms with Crippen molar-refractivity contribution in [3.05, 3.63) is 58.2 Å². The van der Waals surface area contributed by atoms with Crippen molar-refractivity contribution in [1.29, 1.82) is 0 Å². The van der Waals surface area contributed by atoms with Gasteiger partial charge in [0.2, 0.25) is 0 Å². The molecule has 0 fully saturated rings. The van der Waals surface area contributed by atoms with Crippen molar-refractivity contribution in [2.24, 2.45) is 5.73 Å². The Labute approximate surface area is 118 Å². The number of aromatic nitrogens is 2. The fourth-order valence-corrected chi connectivity index (χ4v) is 2.02. The van der Waals surface area contributed by atoms with E-state index >= 15 is 0 Å². The zero-order valence-corrected chi connectivity index (χ0v) is 11.4. The quantitative estimate of drug-likeness (QED) is 0.866. The summed E-state index contributed by atoms with van der Waals surface area (Å²) in [6.45, 7) is 3.40. The lowest BCUT2D eigenvalue weighted by molar-refractivity contribution is -0.140. The summed E-state index contributed by atoms with van der Waals surface area (Å²) in [5.74, 6) is -1.34. The van der Waals surface area contributed by atoms with Crippen molar-refractivity contribution in [3.8, 4) is 0 Å². The molecule has 1 heterocycles. The number of hydrogen-bond acceptors (Lipinski definition) is 3. The monoisotopic (exact) mass is 299 g/mol. The topological polar surface area (TPSA) is 51.8 Å². The average molecular weight is 299 g/mol. The minimum absolute atomic E-state index is 0.246. The second kappa shape index (κ2) is 5.40. The summed E-state index contributed by atoms with van der Waals surface area (Å²) in [6.07, 6.45) is -4.72. The van der Waals surface area contributed by atoms with Gasteiger partial charge < -0.3 is 5.73 Å². The number of benzene rings is 1. The zero-order chi connectivity index (χ0) is 15.8. The van der Waals surface area contributed by atoms with Gasteiger partial charge in [0.1, 0.15) is 5.82 Å². The summed E-state index contributed by atoms with van der Waals surface area (Å²) >= 11 is 0. The third-order valence-electron chi connectivity index (χ3n) is 3.13. The summed E-state index contributed by atoms with van der Waals surface area (Å²) in [5.41, 5.74) is 6.71. The second-order valence-electron chi connectivity index (χ2n) is 4.74. The standard InChI is InChI=1S/C14H13F4N3/c1-7-5-10(8(2)21-20-7)13(19)9-3-4-11(12(15)6-9)14(16,17)18/h3-6,13H,19H2,1-2H3. The minimum atomic E-state index is -4.72. The highest BCUT2D eigenvalue weighted by Crippen LogP contribution is 2.33. The van der Waals surface area contributed by atoms with E-state index in [9.17, 15) is 17.6 Å². The second-order valence-corrected chi connectivity index (χ2v) is 4.74. The highest BCUT2D eigenvalue weighted by Gasteiger charge is 2.34. The van der Waals surface area contributed by atoms with Crippen LogP contribution in [0.25, 0.3) is 0 Å². The molecule has 0 bridgehead atoms. The van der Waals surface area contributed by atoms with Gasteiger partial charge in [0.05, 0.1) is 23.0 Å². The summed E-state index contributed by atoms with van der Waals surface area (Å²) in [6, 6.07) is 3.59. The first kappa shape index (κ1) is 15.4. The number of nitrogens with two attached hydrogens (primary N) is 1. The number of aryl methyl sites for hydroxylation is 2. The van der Waals surface area contributed by atoms with Gasteiger partial charge in [-0.15, -0.1) is 0 Å². The van der Waals surface area contributed by atoms with E-state index in [0.29, 0.717) is 23.0 Å². The Hall–Kier alpha value is -2.02. The Kier molecular flexibility index (Phi) is 3.95. The van der Waals surface area contributed by atoms with Crippen LogP contribution in [0.3, 0.4) is 0 Å². The molecule has 0 aliphatic rings. The Morgan fingerprint density at radius 1 is 1.10 bits per heavy atom. The summed E-state index contributed by atoms with van der Waals surface area (Å²) < 4.78 is 51.2. The van der Waals surface area contributed by atoms with Crippen LogP contribution in [0.4, 0.5) is 17.6 Å². The molecule has 1 aromatic carbocycles. The van der Waals surface area contributed by atoms with Crippen molar-refractivity contribution in [2.45, 2.75) is 26.1 Å². The highest BCUT2D eigenvalue weighted by atomic mass is 19.4. The molecular formula is C14H13F4N3. The van der Waals surface area contributed by atoms with E-state index in [0.717, 1.165) is 6.07 Å². The smallest absolute Gasteiger partial charge is 0.320 e. The Morgan fingerprint density at radius 2 is 1.76 bits per heavy atom. The van der Waals surface area contributed by atoms with E-state index in [1.54, 1.807) is 19.9 Å². The molecule has 21 heavy (non-hydrogen) atoms. The molecule has 1 aromatic heterocycles. The first-order chi connectivity index (χ1) is 9.70. The normalized spacial score (nSPS) is 13.3. The van der Waals surface area contributed by atoms with Gasteiger partial charge in [-0.25, -0.2) is 4.39 Å². The summed E-state index contributed by atoms with van der Waals surface area (Å²) in [7, 11) is 0. The maximum atomic E-state index is 13.6. The van der Waals surface area contributed by atoms with Crippen molar-refractivity contribution in [2.75, 3.05) is 0 Å². The van der Waals surface area contributed by atoms with Crippen molar-refractivity contribution >= 4 is 0 Å². The molecule has 0 aliphatic heterocycles. The van der Waals surface area contributed by atoms with Crippen LogP contribution in [0, 0.1) is 19.7 Å². The van der Waals surface area contributed by atoms with Gasteiger partial charge in [-0.1, -0.05) is 6.07 Å². The van der Waals surface area contributed by atoms with Gasteiger partial charge in [0.25, 0.3) is 0 Å². The van der Waals surface area contributed by atoms with Crippen LogP contribution in [0.1, 0.15) is 34.1 Å². The predicted molar refractivity (Wildman–Crippen MR) is 68.9 cm³/mol. The van der Waals surface area contributed by atoms with Gasteiger partial charge in [-0.05, 0) is 43.2 Å². The van der Waals surface area contributed by atoms with Gasteiger partial charge >= 0.3 is 6.18 Å². The van der Waals surface area contributed by atoms with Crippen LogP contribution in [0.15, 0.2) is 24.3 Å². The molecule has 112 valence electrons. The molecule has 0 radical (unpaired) electrons. The van der Waals surface area contributed by atoms with E-state index in [-0.39, 0.29) is 5.56 Å². The Balaban J connectivity index is 2.43. The molecule has 7 heteroatoms. The van der Waals surface area contributed by atoms with Gasteiger partial charge in [0.15, 0.2) is 0 Å². The molecule has 2 N–H and O–H groups in total. The molecule has 0 aliphatic carbocycles. The minimum Gasteiger partial charge on any atom is -0.320 e. The molecule has 0 spiro atoms. The highest BCUT2D eigenvalue weighted by molar-refractivity contribution is 5.36. The van der Waals surface area contributed by atoms with E-state index in [2.05, 4.69) is 10.2 Å². The fraction of sp³-hybridized carbons (Fsp3) is 0.286. The average Bonchev–Trinajstić information content (AvgIpc) is 2.39. The molecule has 0 saturated heterocycles. The van der Waals surface area contributed by atoms with Gasteiger partial charge in [0, 0.05) is 0 Å². The summed E-state index contributed by atoms with van der Waals surface area (Å²) in [4.78, 5) is 0. The third kappa shape index (κ3) is 3.18. The van der Waals surface area contributed by atoms with E-state index < -0.39 is 23.6 Å². The number of alkyl halides is 3. The maximum Gasteiger partial charge on any atom is 0.419 e. The lowest BCUT2D eigenvalue weighted by Gasteiger charge is -2.16. The van der Waals surface area contributed by atoms with Crippen molar-refractivity contribution in [3.63, 3.8) is 0 Å². The first-order valence-electron chi connectivity index (χ1n) is 6.13. The molecule has 2 aromatic rings. The number of rotatable bonds is 2. The first-order valence-corrected chi connectivity index (χ1v) is 6.13. The van der Waals surface area contributed by atoms with Crippen molar-refractivity contribution in [1.82, 2.24) is 10.2 Å². The number of halogens is 4. The van der Waals surface area contributed by atoms with E-state index in [1.165, 1.54) is 6.07 Å². The number of hydrogen-bond donors (Lipinski definition) is 1. The van der Waals surface area contributed by atoms with Gasteiger partial charge in [-0.3, -0.25) is 0 Å². The maximum absolute atomic E-state index is 13.6. The SMILES string of the molecule is Cc1cc(C(N)c2ccc(C(F)(F)F)c(F)c2)c(C)nn1. The fourth-order valence-electron chi connectivity index (χ4n) is 2.02. The molecular weight excluding hydrogens is 286 g/mol. The summed E-state index contributed by atoms with van der Waals surface area (Å²) in [5, 5.41) is 7.75. The van der Waals surface area contributed by atoms with Crippen LogP contribution in [-0.4, -0.2) is 10.2 Å². The Bertz CT molecular complexity index is 668. The van der Waals surface area contributed by atoms with Gasteiger partial charge in [-0.2, -0.15) is 23.4 Å². The van der Waals surface area contributed by atoms with Crippen LogP contribution < -0.4 is 5.73 Å². The van der Waals surface area contributed by atoms with E-state index in [4.69, 9.17) is 5.73 Å². The Morgan fingerprint density at radius 3 is 2.33 bits per heavy atom. The van der Waals surface area contributed by atoms with Crippen LogP contribution >= 0.6 is 0 Å². The van der Waals surface area contributed by atoms with Crippen LogP contribution in [-0.2, 0) is 6.18 Å². The third-order valence-corrected chi connectivity index (χ3v) is 3.13. The lowest BCUT2D eigenvalue weighted by Crippen LogP contribution is -2.16. The van der Waals surface area contributed by atoms with E-state index in [1.807, 2.05) is 0 Å². The van der Waals surface area contributed by atoms with Crippen LogP contribution in [0.5, 0.6) is 0 Å². The molecule has 1 unspecified atom stereocenters. The number of nitrogens with zero attached hydrogens (tertiary/aromatic N) is 2. The molecule has 3 nitrogen and oxygen atoms in total. The van der Waals surface area contributed by atoms with Crippen LogP contribution in [0.2, 0.25) is 0 Å². The molecule has 0 amide bonds. The van der Waals surface area contributed by atoms with Crippen molar-refractivity contribution < 1.29 is 17.6 Å².